The largest absolute Gasteiger partial charge is 0.478 e. The Hall–Kier alpha value is -2.34. The standard InChI is InChI=1S/C20H20ClNO4/c1-2-18(21)16(7-14-8-22-9-17(14)19(24)25)13-3-5-15(6-4-13)20(10-23)11-26-12-20/h2-7,9,22-23H,1,8,10-12H2,(H,24,25)/b14-7+,18-16-. The van der Waals surface area contributed by atoms with E-state index in [1.54, 1.807) is 6.08 Å². The van der Waals surface area contributed by atoms with Crippen molar-refractivity contribution in [2.24, 2.45) is 0 Å². The molecule has 136 valence electrons. The molecule has 5 nitrogen and oxygen atoms in total. The Kier molecular flexibility index (Phi) is 5.32. The zero-order chi connectivity index (χ0) is 18.7. The van der Waals surface area contributed by atoms with E-state index in [9.17, 15) is 15.0 Å². The second kappa shape index (κ2) is 7.50. The molecule has 1 fully saturated rings. The van der Waals surface area contributed by atoms with Crippen molar-refractivity contribution in [2.45, 2.75) is 5.41 Å². The van der Waals surface area contributed by atoms with E-state index in [0.29, 0.717) is 35.9 Å². The van der Waals surface area contributed by atoms with Crippen LogP contribution in [0.4, 0.5) is 0 Å². The van der Waals surface area contributed by atoms with Crippen LogP contribution in [0.1, 0.15) is 11.1 Å². The third-order valence-electron chi connectivity index (χ3n) is 4.74. The lowest BCUT2D eigenvalue weighted by Gasteiger charge is -2.40. The van der Waals surface area contributed by atoms with Crippen LogP contribution in [0, 0.1) is 0 Å². The summed E-state index contributed by atoms with van der Waals surface area (Å²) < 4.78 is 5.26. The van der Waals surface area contributed by atoms with E-state index in [1.165, 1.54) is 12.3 Å². The maximum Gasteiger partial charge on any atom is 0.337 e. The quantitative estimate of drug-likeness (QED) is 0.668. The normalized spacial score (nSPS) is 20.7. The van der Waals surface area contributed by atoms with Gasteiger partial charge in [-0.2, -0.15) is 0 Å². The molecule has 3 rings (SSSR count). The van der Waals surface area contributed by atoms with E-state index in [1.807, 2.05) is 24.3 Å². The van der Waals surface area contributed by atoms with E-state index >= 15 is 0 Å². The van der Waals surface area contributed by atoms with Gasteiger partial charge in [0, 0.05) is 23.4 Å². The van der Waals surface area contributed by atoms with Crippen LogP contribution in [0.5, 0.6) is 0 Å². The number of allylic oxidation sites excluding steroid dienone is 4. The highest BCUT2D eigenvalue weighted by Crippen LogP contribution is 2.34. The molecule has 0 spiro atoms. The Morgan fingerprint density at radius 2 is 2.04 bits per heavy atom. The van der Waals surface area contributed by atoms with Crippen LogP contribution >= 0.6 is 11.6 Å². The van der Waals surface area contributed by atoms with Gasteiger partial charge in [0.05, 0.1) is 30.8 Å². The molecule has 1 aromatic carbocycles. The molecule has 1 aromatic rings. The second-order valence-electron chi connectivity index (χ2n) is 6.39. The summed E-state index contributed by atoms with van der Waals surface area (Å²) in [6.45, 7) is 5.17. The lowest BCUT2D eigenvalue weighted by molar-refractivity contribution is -0.132. The Bertz CT molecular complexity index is 811. The lowest BCUT2D eigenvalue weighted by atomic mass is 9.79. The number of halogens is 1. The van der Waals surface area contributed by atoms with Gasteiger partial charge in [0.25, 0.3) is 0 Å². The molecule has 2 aliphatic rings. The maximum absolute atomic E-state index is 11.3. The molecule has 2 aliphatic heterocycles. The summed E-state index contributed by atoms with van der Waals surface area (Å²) in [5.74, 6) is -0.986. The minimum absolute atomic E-state index is 0.0327. The number of hydrogen-bond donors (Lipinski definition) is 3. The van der Waals surface area contributed by atoms with E-state index < -0.39 is 5.97 Å². The molecule has 3 N–H and O–H groups in total. The molecule has 0 radical (unpaired) electrons. The van der Waals surface area contributed by atoms with Crippen molar-refractivity contribution in [1.29, 1.82) is 0 Å². The summed E-state index contributed by atoms with van der Waals surface area (Å²) in [6.07, 6.45) is 4.79. The first-order valence-corrected chi connectivity index (χ1v) is 8.58. The highest BCUT2D eigenvalue weighted by molar-refractivity contribution is 6.34. The van der Waals surface area contributed by atoms with Gasteiger partial charge in [-0.3, -0.25) is 0 Å². The van der Waals surface area contributed by atoms with Gasteiger partial charge >= 0.3 is 5.97 Å². The highest BCUT2D eigenvalue weighted by Gasteiger charge is 2.39. The summed E-state index contributed by atoms with van der Waals surface area (Å²) in [5, 5.41) is 22.3. The SMILES string of the molecule is C=C/C(Cl)=C(\C=C1/CNC=C1C(=O)O)c1ccc(C2(CO)COC2)cc1. The number of hydrogen-bond acceptors (Lipinski definition) is 4. The third kappa shape index (κ3) is 3.33. The lowest BCUT2D eigenvalue weighted by Crippen LogP contribution is -2.49. The summed E-state index contributed by atoms with van der Waals surface area (Å²) in [7, 11) is 0. The Labute approximate surface area is 156 Å². The minimum atomic E-state index is -0.986. The van der Waals surface area contributed by atoms with Crippen LogP contribution < -0.4 is 5.32 Å². The van der Waals surface area contributed by atoms with E-state index in [2.05, 4.69) is 11.9 Å². The molecule has 0 aromatic heterocycles. The zero-order valence-corrected chi connectivity index (χ0v) is 14.9. The predicted octanol–water partition coefficient (Wildman–Crippen LogP) is 2.58. The summed E-state index contributed by atoms with van der Waals surface area (Å²) in [4.78, 5) is 11.3. The number of carbonyl (C=O) groups is 1. The number of carboxylic acid groups (broad SMARTS) is 1. The van der Waals surface area contributed by atoms with Crippen molar-refractivity contribution in [3.63, 3.8) is 0 Å². The molecule has 6 heteroatoms. The van der Waals surface area contributed by atoms with Crippen LogP contribution in [0.25, 0.3) is 5.57 Å². The molecule has 0 amide bonds. The summed E-state index contributed by atoms with van der Waals surface area (Å²) in [5.41, 5.74) is 3.08. The number of ether oxygens (including phenoxy) is 1. The average Bonchev–Trinajstić information content (AvgIpc) is 3.08. The van der Waals surface area contributed by atoms with Crippen LogP contribution in [-0.2, 0) is 14.9 Å². The fourth-order valence-electron chi connectivity index (χ4n) is 3.05. The van der Waals surface area contributed by atoms with Crippen molar-refractivity contribution in [3.8, 4) is 0 Å². The van der Waals surface area contributed by atoms with E-state index in [0.717, 1.165) is 11.1 Å². The van der Waals surface area contributed by atoms with Gasteiger partial charge in [-0.05, 0) is 22.8 Å². The number of aliphatic hydroxyl groups is 1. The molecule has 0 atom stereocenters. The molecule has 0 bridgehead atoms. The van der Waals surface area contributed by atoms with Gasteiger partial charge in [-0.1, -0.05) is 48.5 Å². The molecule has 1 saturated heterocycles. The Morgan fingerprint density at radius 3 is 2.54 bits per heavy atom. The predicted molar refractivity (Wildman–Crippen MR) is 101 cm³/mol. The van der Waals surface area contributed by atoms with Crippen molar-refractivity contribution >= 4 is 23.1 Å². The number of rotatable bonds is 6. The molecular formula is C20H20ClNO4. The first-order valence-electron chi connectivity index (χ1n) is 8.20. The van der Waals surface area contributed by atoms with Crippen LogP contribution in [-0.4, -0.2) is 42.5 Å². The first-order chi connectivity index (χ1) is 12.5. The van der Waals surface area contributed by atoms with Crippen LogP contribution in [0.2, 0.25) is 0 Å². The molecule has 0 unspecified atom stereocenters. The molecule has 26 heavy (non-hydrogen) atoms. The van der Waals surface area contributed by atoms with Gasteiger partial charge in [-0.25, -0.2) is 4.79 Å². The van der Waals surface area contributed by atoms with Gasteiger partial charge in [-0.15, -0.1) is 0 Å². The fraction of sp³-hybridized carbons (Fsp3) is 0.250. The molecule has 2 heterocycles. The molecule has 0 aliphatic carbocycles. The smallest absolute Gasteiger partial charge is 0.337 e. The number of aliphatic hydroxyl groups excluding tert-OH is 1. The monoisotopic (exact) mass is 373 g/mol. The Balaban J connectivity index is 1.96. The van der Waals surface area contributed by atoms with E-state index in [-0.39, 0.29) is 17.6 Å². The summed E-state index contributed by atoms with van der Waals surface area (Å²) >= 11 is 6.34. The fourth-order valence-corrected chi connectivity index (χ4v) is 3.22. The van der Waals surface area contributed by atoms with Crippen molar-refractivity contribution in [1.82, 2.24) is 5.32 Å². The maximum atomic E-state index is 11.3. The van der Waals surface area contributed by atoms with Crippen molar-refractivity contribution in [3.05, 3.63) is 76.5 Å². The van der Waals surface area contributed by atoms with Crippen LogP contribution in [0.3, 0.4) is 0 Å². The second-order valence-corrected chi connectivity index (χ2v) is 6.80. The number of carboxylic acids is 1. The number of benzene rings is 1. The molecule has 0 saturated carbocycles. The third-order valence-corrected chi connectivity index (χ3v) is 5.10. The number of aliphatic carboxylic acids is 1. The zero-order valence-electron chi connectivity index (χ0n) is 14.2. The topological polar surface area (TPSA) is 78.8 Å². The van der Waals surface area contributed by atoms with E-state index in [4.69, 9.17) is 16.3 Å². The first kappa shape index (κ1) is 18.5. The Morgan fingerprint density at radius 1 is 1.35 bits per heavy atom. The van der Waals surface area contributed by atoms with Crippen molar-refractivity contribution < 1.29 is 19.7 Å². The van der Waals surface area contributed by atoms with Crippen molar-refractivity contribution in [2.75, 3.05) is 26.4 Å². The van der Waals surface area contributed by atoms with Gasteiger partial charge in [0.15, 0.2) is 0 Å². The number of nitrogens with one attached hydrogen (secondary N) is 1. The molecular weight excluding hydrogens is 354 g/mol. The average molecular weight is 374 g/mol. The van der Waals surface area contributed by atoms with Gasteiger partial charge in [0.1, 0.15) is 0 Å². The van der Waals surface area contributed by atoms with Gasteiger partial charge < -0.3 is 20.3 Å². The van der Waals surface area contributed by atoms with Crippen LogP contribution in [0.15, 0.2) is 65.4 Å². The summed E-state index contributed by atoms with van der Waals surface area (Å²) in [6, 6.07) is 7.72. The highest BCUT2D eigenvalue weighted by atomic mass is 35.5. The van der Waals surface area contributed by atoms with Gasteiger partial charge in [0.2, 0.25) is 0 Å². The minimum Gasteiger partial charge on any atom is -0.478 e.